The lowest BCUT2D eigenvalue weighted by molar-refractivity contribution is -0.384. The lowest BCUT2D eigenvalue weighted by atomic mass is 9.73. The summed E-state index contributed by atoms with van der Waals surface area (Å²) in [7, 11) is -4.54. The van der Waals surface area contributed by atoms with E-state index in [1.807, 2.05) is 6.07 Å². The van der Waals surface area contributed by atoms with Crippen molar-refractivity contribution in [2.75, 3.05) is 62.7 Å². The Morgan fingerprint density at radius 3 is 2.61 bits per heavy atom. The molecule has 0 saturated carbocycles. The standard InChI is InChI=1S/C44H55N7O7S/c1-30(2)5-6-33-26-44(3,4)15-11-34(33)29-49-17-19-50(20-18-49)35-7-9-38(41(24-35)58-36-23-32-12-16-45-42(32)47-28-36)43(52)48-59(55,56)37-8-10-39(40(25-37)51(53)54)46-27-31-13-21-57-22-14-31/h7-10,12,16,23-25,28,31,46H,1,5-6,11,13-15,17-22,26-27,29H2,2-4H3,(H,45,47)(H,48,52). The van der Waals surface area contributed by atoms with Crippen LogP contribution in [0.4, 0.5) is 17.1 Å². The third-order valence-electron chi connectivity index (χ3n) is 11.7. The van der Waals surface area contributed by atoms with Gasteiger partial charge in [-0.15, -0.1) is 6.58 Å². The van der Waals surface area contributed by atoms with Gasteiger partial charge in [-0.05, 0) is 99.6 Å². The van der Waals surface area contributed by atoms with Crippen LogP contribution in [0.2, 0.25) is 0 Å². The molecule has 59 heavy (non-hydrogen) atoms. The molecule has 2 saturated heterocycles. The number of aromatic nitrogens is 2. The number of carbonyl (C=O) groups excluding carboxylic acids is 1. The Kier molecular flexibility index (Phi) is 12.7. The molecule has 4 heterocycles. The van der Waals surface area contributed by atoms with Crippen molar-refractivity contribution in [3.05, 3.63) is 99.9 Å². The predicted molar refractivity (Wildman–Crippen MR) is 230 cm³/mol. The van der Waals surface area contributed by atoms with Gasteiger partial charge in [0.15, 0.2) is 0 Å². The van der Waals surface area contributed by atoms with Crippen molar-refractivity contribution in [1.82, 2.24) is 19.6 Å². The summed E-state index contributed by atoms with van der Waals surface area (Å²) in [4.78, 5) is 37.1. The molecular weight excluding hydrogens is 771 g/mol. The zero-order valence-corrected chi connectivity index (χ0v) is 35.0. The van der Waals surface area contributed by atoms with Gasteiger partial charge in [-0.3, -0.25) is 19.8 Å². The average molecular weight is 826 g/mol. The lowest BCUT2D eigenvalue weighted by Gasteiger charge is -2.39. The van der Waals surface area contributed by atoms with Crippen LogP contribution in [0.3, 0.4) is 0 Å². The number of nitro groups is 1. The van der Waals surface area contributed by atoms with Gasteiger partial charge in [0.1, 0.15) is 22.8 Å². The van der Waals surface area contributed by atoms with Crippen LogP contribution in [-0.4, -0.2) is 86.6 Å². The van der Waals surface area contributed by atoms with Crippen molar-refractivity contribution >= 4 is 44.0 Å². The number of nitrogens with one attached hydrogen (secondary N) is 3. The Morgan fingerprint density at radius 2 is 1.86 bits per heavy atom. The largest absolute Gasteiger partial charge is 0.455 e. The number of benzene rings is 2. The summed E-state index contributed by atoms with van der Waals surface area (Å²) in [6.45, 7) is 16.9. The fourth-order valence-electron chi connectivity index (χ4n) is 8.21. The van der Waals surface area contributed by atoms with E-state index in [-0.39, 0.29) is 22.9 Å². The van der Waals surface area contributed by atoms with Crippen molar-refractivity contribution in [2.24, 2.45) is 11.3 Å². The zero-order chi connectivity index (χ0) is 41.7. The first kappa shape index (κ1) is 41.9. The molecule has 1 amide bonds. The topological polar surface area (TPSA) is 172 Å². The first-order chi connectivity index (χ1) is 28.2. The van der Waals surface area contributed by atoms with Crippen LogP contribution in [0.25, 0.3) is 11.0 Å². The maximum Gasteiger partial charge on any atom is 0.293 e. The van der Waals surface area contributed by atoms with E-state index >= 15 is 0 Å². The second-order valence-corrected chi connectivity index (χ2v) is 18.6. The van der Waals surface area contributed by atoms with Gasteiger partial charge in [0, 0.05) is 81.9 Å². The van der Waals surface area contributed by atoms with Crippen molar-refractivity contribution < 1.29 is 27.6 Å². The van der Waals surface area contributed by atoms with E-state index in [2.05, 4.69) is 57.2 Å². The second kappa shape index (κ2) is 17.9. The summed E-state index contributed by atoms with van der Waals surface area (Å²) in [6, 6.07) is 12.3. The highest BCUT2D eigenvalue weighted by molar-refractivity contribution is 7.90. The molecule has 0 radical (unpaired) electrons. The van der Waals surface area contributed by atoms with Crippen molar-refractivity contribution in [2.45, 2.75) is 70.6 Å². The molecule has 3 aliphatic rings. The van der Waals surface area contributed by atoms with Gasteiger partial charge in [-0.1, -0.05) is 30.6 Å². The number of nitrogens with zero attached hydrogens (tertiary/aromatic N) is 4. The van der Waals surface area contributed by atoms with Gasteiger partial charge in [-0.25, -0.2) is 18.1 Å². The number of sulfonamides is 1. The molecule has 0 spiro atoms. The van der Waals surface area contributed by atoms with Gasteiger partial charge in [0.05, 0.1) is 21.6 Å². The Balaban J connectivity index is 1.08. The third kappa shape index (κ3) is 10.5. The molecule has 2 fully saturated rings. The SMILES string of the molecule is C=C(C)CCC1=C(CN2CCN(c3ccc(C(=O)NS(=O)(=O)c4ccc(NCC5CCOCC5)c([N+](=O)[O-])c4)c(Oc4cnc5[nH]ccc5c4)c3)CC2)CCC(C)(C)C1. The number of ether oxygens (including phenoxy) is 2. The minimum atomic E-state index is -4.54. The maximum absolute atomic E-state index is 13.9. The zero-order valence-electron chi connectivity index (χ0n) is 34.2. The number of anilines is 2. The number of amides is 1. The molecule has 0 atom stereocenters. The summed E-state index contributed by atoms with van der Waals surface area (Å²) in [5.74, 6) is -0.156. The Hall–Kier alpha value is -5.25. The summed E-state index contributed by atoms with van der Waals surface area (Å²) >= 11 is 0. The van der Waals surface area contributed by atoms with Gasteiger partial charge in [0.25, 0.3) is 21.6 Å². The molecule has 314 valence electrons. The van der Waals surface area contributed by atoms with Crippen LogP contribution < -0.4 is 19.7 Å². The molecule has 14 nitrogen and oxygen atoms in total. The fraction of sp³-hybridized carbons (Fsp3) is 0.455. The highest BCUT2D eigenvalue weighted by Crippen LogP contribution is 2.41. The molecule has 2 aromatic heterocycles. The Morgan fingerprint density at radius 1 is 1.08 bits per heavy atom. The number of nitro benzene ring substituents is 1. The average Bonchev–Trinajstić information content (AvgIpc) is 3.68. The Bertz CT molecular complexity index is 2340. The number of hydrogen-bond acceptors (Lipinski definition) is 11. The van der Waals surface area contributed by atoms with E-state index in [9.17, 15) is 23.3 Å². The highest BCUT2D eigenvalue weighted by Gasteiger charge is 2.30. The van der Waals surface area contributed by atoms with E-state index in [0.29, 0.717) is 36.6 Å². The number of fused-ring (bicyclic) bond motifs is 1. The maximum atomic E-state index is 13.9. The van der Waals surface area contributed by atoms with Crippen LogP contribution in [0.15, 0.2) is 89.1 Å². The molecule has 0 unspecified atom stereocenters. The third-order valence-corrected chi connectivity index (χ3v) is 13.1. The number of carbonyl (C=O) groups is 1. The Labute approximate surface area is 346 Å². The van der Waals surface area contributed by atoms with Gasteiger partial charge in [0.2, 0.25) is 0 Å². The number of pyridine rings is 1. The molecule has 3 N–H and O–H groups in total. The van der Waals surface area contributed by atoms with Gasteiger partial charge in [-0.2, -0.15) is 0 Å². The predicted octanol–water partition coefficient (Wildman–Crippen LogP) is 8.21. The van der Waals surface area contributed by atoms with E-state index in [1.54, 1.807) is 41.6 Å². The first-order valence-corrected chi connectivity index (χ1v) is 21.9. The van der Waals surface area contributed by atoms with Crippen LogP contribution >= 0.6 is 0 Å². The molecule has 2 aromatic carbocycles. The minimum Gasteiger partial charge on any atom is -0.455 e. The molecular formula is C44H55N7O7S. The molecule has 0 bridgehead atoms. The van der Waals surface area contributed by atoms with Gasteiger partial charge < -0.3 is 24.7 Å². The minimum absolute atomic E-state index is 0.0242. The normalized spacial score (nSPS) is 17.8. The van der Waals surface area contributed by atoms with Crippen LogP contribution in [0.1, 0.15) is 76.1 Å². The number of piperazine rings is 1. The molecule has 1 aliphatic carbocycles. The molecule has 15 heteroatoms. The fourth-order valence-corrected chi connectivity index (χ4v) is 9.20. The molecule has 4 aromatic rings. The monoisotopic (exact) mass is 825 g/mol. The van der Waals surface area contributed by atoms with E-state index in [0.717, 1.165) is 88.4 Å². The number of hydrogen-bond donors (Lipinski definition) is 3. The van der Waals surface area contributed by atoms with Crippen LogP contribution in [-0.2, 0) is 14.8 Å². The lowest BCUT2D eigenvalue weighted by Crippen LogP contribution is -2.47. The van der Waals surface area contributed by atoms with Crippen molar-refractivity contribution in [3.63, 3.8) is 0 Å². The summed E-state index contributed by atoms with van der Waals surface area (Å²) in [5.41, 5.74) is 5.96. The molecule has 2 aliphatic heterocycles. The second-order valence-electron chi connectivity index (χ2n) is 16.9. The van der Waals surface area contributed by atoms with E-state index in [4.69, 9.17) is 9.47 Å². The highest BCUT2D eigenvalue weighted by atomic mass is 32.2. The smallest absolute Gasteiger partial charge is 0.293 e. The van der Waals surface area contributed by atoms with Crippen molar-refractivity contribution in [1.29, 1.82) is 0 Å². The number of rotatable bonds is 15. The number of aromatic amines is 1. The van der Waals surface area contributed by atoms with Crippen LogP contribution in [0.5, 0.6) is 11.5 Å². The van der Waals surface area contributed by atoms with Crippen molar-refractivity contribution in [3.8, 4) is 11.5 Å². The quantitative estimate of drug-likeness (QED) is 0.0599. The summed E-state index contributed by atoms with van der Waals surface area (Å²) < 4.78 is 41.1. The number of H-pyrrole nitrogens is 1. The van der Waals surface area contributed by atoms with E-state index < -0.39 is 31.4 Å². The summed E-state index contributed by atoms with van der Waals surface area (Å²) in [6.07, 6.45) is 10.5. The van der Waals surface area contributed by atoms with E-state index in [1.165, 1.54) is 30.3 Å². The molecule has 7 rings (SSSR count). The van der Waals surface area contributed by atoms with Crippen LogP contribution in [0, 0.1) is 21.4 Å². The first-order valence-electron chi connectivity index (χ1n) is 20.5. The summed E-state index contributed by atoms with van der Waals surface area (Å²) in [5, 5.41) is 16.0. The number of allylic oxidation sites excluding steroid dienone is 2. The van der Waals surface area contributed by atoms with Gasteiger partial charge >= 0.3 is 0 Å².